The maximum Gasteiger partial charge on any atom is 0.320 e. The number of nitrogens with two attached hydrogens (primary N) is 1. The molecule has 0 aromatic heterocycles. The standard InChI is InChI=1S/C7H14FNO2/c1-7(2,8)4-3-5(9)6(10)11/h5H,3-4,9H2,1-2H3,(H,10,11)/t5-/m0/s1. The van der Waals surface area contributed by atoms with Crippen LogP contribution in [0.4, 0.5) is 4.39 Å². The van der Waals surface area contributed by atoms with Crippen LogP contribution in [-0.2, 0) is 4.79 Å². The van der Waals surface area contributed by atoms with E-state index in [1.807, 2.05) is 0 Å². The van der Waals surface area contributed by atoms with Crippen molar-refractivity contribution in [3.8, 4) is 0 Å². The lowest BCUT2D eigenvalue weighted by Gasteiger charge is -2.14. The lowest BCUT2D eigenvalue weighted by atomic mass is 10.0. The van der Waals surface area contributed by atoms with Crippen molar-refractivity contribution in [3.05, 3.63) is 0 Å². The second kappa shape index (κ2) is 3.67. The average Bonchev–Trinajstić information content (AvgIpc) is 1.80. The Balaban J connectivity index is 3.63. The summed E-state index contributed by atoms with van der Waals surface area (Å²) in [5.41, 5.74) is 3.83. The van der Waals surface area contributed by atoms with Crippen molar-refractivity contribution in [2.75, 3.05) is 0 Å². The molecule has 3 nitrogen and oxygen atoms in total. The van der Waals surface area contributed by atoms with Gasteiger partial charge in [-0.05, 0) is 26.7 Å². The van der Waals surface area contributed by atoms with Gasteiger partial charge in [-0.25, -0.2) is 4.39 Å². The summed E-state index contributed by atoms with van der Waals surface area (Å²) in [6, 6.07) is -0.940. The van der Waals surface area contributed by atoms with Crippen molar-refractivity contribution in [1.29, 1.82) is 0 Å². The van der Waals surface area contributed by atoms with E-state index in [4.69, 9.17) is 10.8 Å². The van der Waals surface area contributed by atoms with Gasteiger partial charge in [0.25, 0.3) is 0 Å². The molecule has 4 heteroatoms. The Morgan fingerprint density at radius 1 is 1.73 bits per heavy atom. The second-order valence-corrected chi connectivity index (χ2v) is 3.20. The highest BCUT2D eigenvalue weighted by molar-refractivity contribution is 5.72. The molecule has 66 valence electrons. The van der Waals surface area contributed by atoms with Crippen LogP contribution in [0.5, 0.6) is 0 Å². The SMILES string of the molecule is CC(C)(F)CC[C@H](N)C(=O)O. The van der Waals surface area contributed by atoms with Crippen LogP contribution in [0.25, 0.3) is 0 Å². The normalized spacial score (nSPS) is 14.5. The van der Waals surface area contributed by atoms with Crippen LogP contribution in [0.1, 0.15) is 26.7 Å². The predicted molar refractivity (Wildman–Crippen MR) is 40.0 cm³/mol. The lowest BCUT2D eigenvalue weighted by Crippen LogP contribution is -2.31. The summed E-state index contributed by atoms with van der Waals surface area (Å²) < 4.78 is 12.8. The first-order chi connectivity index (χ1) is 4.83. The van der Waals surface area contributed by atoms with E-state index >= 15 is 0 Å². The molecule has 0 aliphatic rings. The molecule has 0 radical (unpaired) electrons. The second-order valence-electron chi connectivity index (χ2n) is 3.20. The maximum absolute atomic E-state index is 12.8. The van der Waals surface area contributed by atoms with Gasteiger partial charge in [0.15, 0.2) is 0 Å². The van der Waals surface area contributed by atoms with Crippen LogP contribution in [0.15, 0.2) is 0 Å². The van der Waals surface area contributed by atoms with Crippen LogP contribution in [0.3, 0.4) is 0 Å². The van der Waals surface area contributed by atoms with E-state index in [0.717, 1.165) is 0 Å². The van der Waals surface area contributed by atoms with E-state index in [0.29, 0.717) is 0 Å². The zero-order valence-electron chi connectivity index (χ0n) is 6.80. The Bertz CT molecular complexity index is 142. The summed E-state index contributed by atoms with van der Waals surface area (Å²) in [4.78, 5) is 10.2. The molecule has 1 atom stereocenters. The number of aliphatic carboxylic acids is 1. The van der Waals surface area contributed by atoms with Gasteiger partial charge in [-0.15, -0.1) is 0 Å². The minimum absolute atomic E-state index is 0.179. The minimum Gasteiger partial charge on any atom is -0.480 e. The Morgan fingerprint density at radius 3 is 2.45 bits per heavy atom. The number of hydrogen-bond acceptors (Lipinski definition) is 2. The number of carboxylic acids is 1. The fraction of sp³-hybridized carbons (Fsp3) is 0.857. The zero-order valence-corrected chi connectivity index (χ0v) is 6.80. The van der Waals surface area contributed by atoms with Gasteiger partial charge in [-0.2, -0.15) is 0 Å². The quantitative estimate of drug-likeness (QED) is 0.648. The highest BCUT2D eigenvalue weighted by Gasteiger charge is 2.19. The van der Waals surface area contributed by atoms with Crippen LogP contribution < -0.4 is 5.73 Å². The molecule has 0 spiro atoms. The Hall–Kier alpha value is -0.640. The molecular formula is C7H14FNO2. The summed E-state index contributed by atoms with van der Waals surface area (Å²) in [6.07, 6.45) is 0.360. The molecule has 0 aliphatic heterocycles. The third kappa shape index (κ3) is 5.79. The van der Waals surface area contributed by atoms with Crippen LogP contribution in [-0.4, -0.2) is 22.8 Å². The number of hydrogen-bond donors (Lipinski definition) is 2. The van der Waals surface area contributed by atoms with Gasteiger partial charge in [-0.3, -0.25) is 4.79 Å². The van der Waals surface area contributed by atoms with Gasteiger partial charge in [0, 0.05) is 0 Å². The van der Waals surface area contributed by atoms with E-state index in [9.17, 15) is 9.18 Å². The minimum atomic E-state index is -1.33. The maximum atomic E-state index is 12.8. The molecule has 0 aliphatic carbocycles. The van der Waals surface area contributed by atoms with Gasteiger partial charge in [0.1, 0.15) is 11.7 Å². The van der Waals surface area contributed by atoms with Crippen molar-refractivity contribution in [2.45, 2.75) is 38.4 Å². The van der Waals surface area contributed by atoms with Crippen molar-refractivity contribution in [2.24, 2.45) is 5.73 Å². The van der Waals surface area contributed by atoms with Crippen molar-refractivity contribution in [1.82, 2.24) is 0 Å². The van der Waals surface area contributed by atoms with E-state index in [-0.39, 0.29) is 12.8 Å². The van der Waals surface area contributed by atoms with Gasteiger partial charge in [0.05, 0.1) is 0 Å². The van der Waals surface area contributed by atoms with Gasteiger partial charge < -0.3 is 10.8 Å². The molecule has 0 aromatic rings. The first-order valence-electron chi connectivity index (χ1n) is 3.50. The summed E-state index contributed by atoms with van der Waals surface area (Å²) in [7, 11) is 0. The Labute approximate surface area is 65.4 Å². The number of rotatable bonds is 4. The first kappa shape index (κ1) is 10.4. The van der Waals surface area contributed by atoms with Crippen molar-refractivity contribution in [3.63, 3.8) is 0 Å². The van der Waals surface area contributed by atoms with Crippen molar-refractivity contribution < 1.29 is 14.3 Å². The molecular weight excluding hydrogens is 149 g/mol. The van der Waals surface area contributed by atoms with E-state index in [1.165, 1.54) is 13.8 Å². The molecule has 0 bridgehead atoms. The average molecular weight is 163 g/mol. The summed E-state index contributed by atoms with van der Waals surface area (Å²) in [6.45, 7) is 2.81. The van der Waals surface area contributed by atoms with Crippen LogP contribution >= 0.6 is 0 Å². The highest BCUT2D eigenvalue weighted by Crippen LogP contribution is 2.16. The van der Waals surface area contributed by atoms with Gasteiger partial charge in [-0.1, -0.05) is 0 Å². The number of halogens is 1. The third-order valence-corrected chi connectivity index (χ3v) is 1.37. The molecule has 0 unspecified atom stereocenters. The number of carboxylic acid groups (broad SMARTS) is 1. The molecule has 0 heterocycles. The van der Waals surface area contributed by atoms with E-state index in [1.54, 1.807) is 0 Å². The predicted octanol–water partition coefficient (Wildman–Crippen LogP) is 0.927. The Morgan fingerprint density at radius 2 is 2.18 bits per heavy atom. The first-order valence-corrected chi connectivity index (χ1v) is 3.50. The fourth-order valence-electron chi connectivity index (χ4n) is 0.622. The van der Waals surface area contributed by atoms with E-state index in [2.05, 4.69) is 0 Å². The monoisotopic (exact) mass is 163 g/mol. The molecule has 0 aromatic carbocycles. The largest absolute Gasteiger partial charge is 0.480 e. The lowest BCUT2D eigenvalue weighted by molar-refractivity contribution is -0.138. The highest BCUT2D eigenvalue weighted by atomic mass is 19.1. The Kier molecular flexibility index (Phi) is 3.45. The third-order valence-electron chi connectivity index (χ3n) is 1.37. The molecule has 0 amide bonds. The van der Waals surface area contributed by atoms with Crippen molar-refractivity contribution >= 4 is 5.97 Å². The van der Waals surface area contributed by atoms with Gasteiger partial charge >= 0.3 is 5.97 Å². The summed E-state index contributed by atoms with van der Waals surface area (Å²) in [5.74, 6) is -1.07. The summed E-state index contributed by atoms with van der Waals surface area (Å²) >= 11 is 0. The molecule has 0 saturated carbocycles. The molecule has 3 N–H and O–H groups in total. The fourth-order valence-corrected chi connectivity index (χ4v) is 0.622. The number of carbonyl (C=O) groups is 1. The van der Waals surface area contributed by atoms with Gasteiger partial charge in [0.2, 0.25) is 0 Å². The molecule has 0 fully saturated rings. The molecule has 0 saturated heterocycles. The van der Waals surface area contributed by atoms with E-state index < -0.39 is 17.7 Å². The molecule has 0 rings (SSSR count). The number of alkyl halides is 1. The zero-order chi connectivity index (χ0) is 9.07. The topological polar surface area (TPSA) is 63.3 Å². The smallest absolute Gasteiger partial charge is 0.320 e. The molecule has 11 heavy (non-hydrogen) atoms. The summed E-state index contributed by atoms with van der Waals surface area (Å²) in [5, 5.41) is 8.33. The van der Waals surface area contributed by atoms with Crippen LogP contribution in [0, 0.1) is 0 Å². The van der Waals surface area contributed by atoms with Crippen LogP contribution in [0.2, 0.25) is 0 Å².